The van der Waals surface area contributed by atoms with Crippen molar-refractivity contribution in [2.75, 3.05) is 0 Å². The molecule has 2 aromatic rings. The molecule has 7 heteroatoms. The summed E-state index contributed by atoms with van der Waals surface area (Å²) in [6.45, 7) is 3.54. The summed E-state index contributed by atoms with van der Waals surface area (Å²) in [6, 6.07) is 2.04. The molecule has 0 saturated carbocycles. The molecule has 0 aliphatic heterocycles. The Morgan fingerprint density at radius 1 is 1.30 bits per heavy atom. The lowest BCUT2D eigenvalue weighted by molar-refractivity contribution is 0.0982. The van der Waals surface area contributed by atoms with Gasteiger partial charge in [0.2, 0.25) is 0 Å². The fourth-order valence-electron chi connectivity index (χ4n) is 1.87. The monoisotopic (exact) mass is 343 g/mol. The third kappa shape index (κ3) is 2.49. The second-order valence-electron chi connectivity index (χ2n) is 4.14. The smallest absolute Gasteiger partial charge is 0.184 e. The first-order valence-corrected chi connectivity index (χ1v) is 6.91. The normalized spacial score (nSPS) is 10.8. The van der Waals surface area contributed by atoms with Gasteiger partial charge in [0.15, 0.2) is 17.3 Å². The molecule has 1 aromatic heterocycles. The minimum atomic E-state index is -0.763. The Bertz CT molecular complexity index is 670. The molecule has 1 heterocycles. The first-order chi connectivity index (χ1) is 9.49. The van der Waals surface area contributed by atoms with Gasteiger partial charge < -0.3 is 0 Å². The molecule has 0 aliphatic rings. The number of halogens is 3. The maximum absolute atomic E-state index is 13.9. The zero-order chi connectivity index (χ0) is 14.9. The van der Waals surface area contributed by atoms with Crippen LogP contribution >= 0.6 is 15.9 Å². The van der Waals surface area contributed by atoms with E-state index in [2.05, 4.69) is 26.2 Å². The van der Waals surface area contributed by atoms with Gasteiger partial charge >= 0.3 is 0 Å². The highest BCUT2D eigenvalue weighted by Crippen LogP contribution is 2.24. The summed E-state index contributed by atoms with van der Waals surface area (Å²) >= 11 is 3.00. The van der Waals surface area contributed by atoms with E-state index in [-0.39, 0.29) is 21.6 Å². The molecule has 106 valence electrons. The lowest BCUT2D eigenvalue weighted by Crippen LogP contribution is -2.07. The lowest BCUT2D eigenvalue weighted by atomic mass is 10.1. The van der Waals surface area contributed by atoms with Crippen molar-refractivity contribution >= 4 is 21.7 Å². The quantitative estimate of drug-likeness (QED) is 0.630. The predicted octanol–water partition coefficient (Wildman–Crippen LogP) is 3.46. The van der Waals surface area contributed by atoms with Gasteiger partial charge in [0, 0.05) is 12.5 Å². The number of carbonyl (C=O) groups is 1. The van der Waals surface area contributed by atoms with Crippen molar-refractivity contribution in [3.63, 3.8) is 0 Å². The summed E-state index contributed by atoms with van der Waals surface area (Å²) in [4.78, 5) is 11.8. The molecule has 0 N–H and O–H groups in total. The summed E-state index contributed by atoms with van der Waals surface area (Å²) in [5, 5.41) is 7.64. The zero-order valence-corrected chi connectivity index (χ0v) is 12.5. The Labute approximate surface area is 122 Å². The number of carbonyl (C=O) groups excluding carboxylic acids is 1. The van der Waals surface area contributed by atoms with E-state index < -0.39 is 11.6 Å². The largest absolute Gasteiger partial charge is 0.292 e. The highest BCUT2D eigenvalue weighted by Gasteiger charge is 2.20. The van der Waals surface area contributed by atoms with Crippen LogP contribution in [0.15, 0.2) is 16.6 Å². The average Bonchev–Trinajstić information content (AvgIpc) is 2.85. The van der Waals surface area contributed by atoms with Gasteiger partial charge in [-0.05, 0) is 28.4 Å². The number of aromatic nitrogens is 3. The maximum atomic E-state index is 13.9. The summed E-state index contributed by atoms with van der Waals surface area (Å²) in [7, 11) is 0. The van der Waals surface area contributed by atoms with Crippen LogP contribution in [-0.2, 0) is 6.42 Å². The molecule has 2 rings (SSSR count). The van der Waals surface area contributed by atoms with E-state index in [1.54, 1.807) is 6.92 Å². The van der Waals surface area contributed by atoms with Crippen LogP contribution in [0.2, 0.25) is 0 Å². The van der Waals surface area contributed by atoms with Crippen molar-refractivity contribution in [3.05, 3.63) is 39.6 Å². The van der Waals surface area contributed by atoms with Gasteiger partial charge in [-0.1, -0.05) is 19.1 Å². The highest BCUT2D eigenvalue weighted by atomic mass is 79.9. The van der Waals surface area contributed by atoms with Crippen molar-refractivity contribution in [2.24, 2.45) is 0 Å². The SMILES string of the molecule is CCC(=O)c1nnn(-c2cc(Br)c(F)cc2F)c1CC. The van der Waals surface area contributed by atoms with Crippen LogP contribution in [0, 0.1) is 11.6 Å². The van der Waals surface area contributed by atoms with Gasteiger partial charge in [-0.15, -0.1) is 5.10 Å². The van der Waals surface area contributed by atoms with Gasteiger partial charge in [-0.25, -0.2) is 13.5 Å². The Morgan fingerprint density at radius 2 is 2.00 bits per heavy atom. The van der Waals surface area contributed by atoms with Crippen molar-refractivity contribution < 1.29 is 13.6 Å². The summed E-state index contributed by atoms with van der Waals surface area (Å²) < 4.78 is 28.5. The van der Waals surface area contributed by atoms with E-state index in [9.17, 15) is 13.6 Å². The first-order valence-electron chi connectivity index (χ1n) is 6.12. The third-order valence-corrected chi connectivity index (χ3v) is 3.51. The van der Waals surface area contributed by atoms with Crippen LogP contribution in [0.5, 0.6) is 0 Å². The van der Waals surface area contributed by atoms with Gasteiger partial charge in [0.1, 0.15) is 11.5 Å². The first kappa shape index (κ1) is 14.8. The van der Waals surface area contributed by atoms with E-state index in [0.29, 0.717) is 18.5 Å². The van der Waals surface area contributed by atoms with Gasteiger partial charge in [-0.2, -0.15) is 0 Å². The number of Topliss-reactive ketones (excluding diaryl/α,β-unsaturated/α-hetero) is 1. The minimum absolute atomic E-state index is 0.0535. The molecule has 0 atom stereocenters. The third-order valence-electron chi connectivity index (χ3n) is 2.90. The number of hydrogen-bond donors (Lipinski definition) is 0. The molecule has 0 amide bonds. The van der Waals surface area contributed by atoms with Crippen molar-refractivity contribution in [2.45, 2.75) is 26.7 Å². The van der Waals surface area contributed by atoms with Crippen molar-refractivity contribution in [1.29, 1.82) is 0 Å². The van der Waals surface area contributed by atoms with E-state index in [1.165, 1.54) is 10.7 Å². The molecule has 4 nitrogen and oxygen atoms in total. The summed E-state index contributed by atoms with van der Waals surface area (Å²) in [5.41, 5.74) is 0.793. The topological polar surface area (TPSA) is 47.8 Å². The Balaban J connectivity index is 2.62. The number of ketones is 1. The van der Waals surface area contributed by atoms with Crippen LogP contribution in [-0.4, -0.2) is 20.8 Å². The van der Waals surface area contributed by atoms with Gasteiger partial charge in [-0.3, -0.25) is 4.79 Å². The maximum Gasteiger partial charge on any atom is 0.184 e. The Hall–Kier alpha value is -1.63. The second kappa shape index (κ2) is 5.78. The molecular weight excluding hydrogens is 332 g/mol. The lowest BCUT2D eigenvalue weighted by Gasteiger charge is -2.08. The van der Waals surface area contributed by atoms with Crippen LogP contribution < -0.4 is 0 Å². The minimum Gasteiger partial charge on any atom is -0.292 e. The van der Waals surface area contributed by atoms with E-state index >= 15 is 0 Å². The zero-order valence-electron chi connectivity index (χ0n) is 11.0. The molecule has 0 radical (unpaired) electrons. The Morgan fingerprint density at radius 3 is 2.60 bits per heavy atom. The number of hydrogen-bond acceptors (Lipinski definition) is 3. The average molecular weight is 344 g/mol. The number of benzene rings is 1. The molecule has 0 bridgehead atoms. The highest BCUT2D eigenvalue weighted by molar-refractivity contribution is 9.10. The number of rotatable bonds is 4. The van der Waals surface area contributed by atoms with Crippen LogP contribution in [0.3, 0.4) is 0 Å². The second-order valence-corrected chi connectivity index (χ2v) is 5.00. The molecule has 1 aromatic carbocycles. The predicted molar refractivity (Wildman–Crippen MR) is 73.0 cm³/mol. The van der Waals surface area contributed by atoms with E-state index in [1.807, 2.05) is 6.92 Å². The summed E-state index contributed by atoms with van der Waals surface area (Å²) in [6.07, 6.45) is 0.754. The van der Waals surface area contributed by atoms with Crippen molar-refractivity contribution in [3.8, 4) is 5.69 Å². The van der Waals surface area contributed by atoms with E-state index in [4.69, 9.17) is 0 Å². The van der Waals surface area contributed by atoms with Crippen LogP contribution in [0.25, 0.3) is 5.69 Å². The van der Waals surface area contributed by atoms with Crippen molar-refractivity contribution in [1.82, 2.24) is 15.0 Å². The molecule has 20 heavy (non-hydrogen) atoms. The van der Waals surface area contributed by atoms with Gasteiger partial charge in [0.25, 0.3) is 0 Å². The molecular formula is C13H12BrF2N3O. The van der Waals surface area contributed by atoms with Crippen LogP contribution in [0.1, 0.15) is 36.5 Å². The molecule has 0 saturated heterocycles. The fourth-order valence-corrected chi connectivity index (χ4v) is 2.20. The Kier molecular flexibility index (Phi) is 4.27. The number of nitrogens with zero attached hydrogens (tertiary/aromatic N) is 3. The van der Waals surface area contributed by atoms with Gasteiger partial charge in [0.05, 0.1) is 10.2 Å². The standard InChI is InChI=1S/C13H12BrF2N3O/c1-3-10-13(12(20)4-2)17-18-19(10)11-5-7(14)8(15)6-9(11)16/h5-6H,3-4H2,1-2H3. The fraction of sp³-hybridized carbons (Fsp3) is 0.308. The molecule has 0 spiro atoms. The molecule has 0 fully saturated rings. The molecule has 0 unspecified atom stereocenters. The van der Waals surface area contributed by atoms with E-state index in [0.717, 1.165) is 6.07 Å². The van der Waals surface area contributed by atoms with Crippen LogP contribution in [0.4, 0.5) is 8.78 Å². The molecule has 0 aliphatic carbocycles. The summed E-state index contributed by atoms with van der Waals surface area (Å²) in [5.74, 6) is -1.62.